The molecule has 4 aromatic rings. The Labute approximate surface area is 200 Å². The van der Waals surface area contributed by atoms with Crippen molar-refractivity contribution in [2.45, 2.75) is 32.2 Å². The highest BCUT2D eigenvalue weighted by Crippen LogP contribution is 2.38. The lowest BCUT2D eigenvalue weighted by atomic mass is 10.1. The minimum atomic E-state index is -2.83. The van der Waals surface area contributed by atoms with Crippen LogP contribution in [0.3, 0.4) is 0 Å². The van der Waals surface area contributed by atoms with Crippen molar-refractivity contribution in [2.24, 2.45) is 0 Å². The number of hydrogen-bond donors (Lipinski definition) is 0. The van der Waals surface area contributed by atoms with E-state index in [0.29, 0.717) is 22.3 Å². The van der Waals surface area contributed by atoms with Crippen LogP contribution in [0.25, 0.3) is 11.0 Å². The largest absolute Gasteiger partial charge is 0.534 e. The van der Waals surface area contributed by atoms with Crippen LogP contribution in [0.2, 0.25) is 5.04 Å². The first-order valence-corrected chi connectivity index (χ1v) is 13.1. The third-order valence-electron chi connectivity index (χ3n) is 6.05. The number of benzene rings is 3. The first-order valence-electron chi connectivity index (χ1n) is 11.2. The van der Waals surface area contributed by atoms with E-state index in [-0.39, 0.29) is 11.5 Å². The molecule has 0 aliphatic rings. The van der Waals surface area contributed by atoms with E-state index in [2.05, 4.69) is 45.0 Å². The molecule has 0 fully saturated rings. The number of hydrogen-bond acceptors (Lipinski definition) is 5. The van der Waals surface area contributed by atoms with Crippen LogP contribution in [0.4, 0.5) is 0 Å². The third-order valence-corrected chi connectivity index (χ3v) is 11.0. The van der Waals surface area contributed by atoms with Gasteiger partial charge in [-0.3, -0.25) is 4.79 Å². The smallest absolute Gasteiger partial charge is 0.336 e. The molecule has 0 saturated carbocycles. The Kier molecular flexibility index (Phi) is 6.44. The number of carbonyl (C=O) groups is 1. The van der Waals surface area contributed by atoms with Crippen molar-refractivity contribution in [1.82, 2.24) is 0 Å². The van der Waals surface area contributed by atoms with Gasteiger partial charge in [-0.2, -0.15) is 0 Å². The molecular weight excluding hydrogens is 444 g/mol. The molecule has 0 bridgehead atoms. The van der Waals surface area contributed by atoms with Gasteiger partial charge >= 0.3 is 19.9 Å². The van der Waals surface area contributed by atoms with Crippen molar-refractivity contribution >= 4 is 35.6 Å². The van der Waals surface area contributed by atoms with Gasteiger partial charge in [-0.25, -0.2) is 4.79 Å². The summed E-state index contributed by atoms with van der Waals surface area (Å²) in [6, 6.07) is 27.4. The van der Waals surface area contributed by atoms with Crippen LogP contribution >= 0.6 is 0 Å². The molecule has 0 radical (unpaired) electrons. The lowest BCUT2D eigenvalue weighted by Crippen LogP contribution is -2.68. The molecule has 6 heteroatoms. The molecule has 1 heterocycles. The van der Waals surface area contributed by atoms with Crippen LogP contribution in [0.5, 0.6) is 5.75 Å². The minimum Gasteiger partial charge on any atom is -0.534 e. The highest BCUT2D eigenvalue weighted by atomic mass is 28.4. The van der Waals surface area contributed by atoms with E-state index in [4.69, 9.17) is 13.6 Å². The van der Waals surface area contributed by atoms with E-state index in [1.165, 1.54) is 13.2 Å². The molecule has 0 spiro atoms. The summed E-state index contributed by atoms with van der Waals surface area (Å²) >= 11 is 0. The number of fused-ring (bicyclic) bond motifs is 1. The topological polar surface area (TPSA) is 65.7 Å². The van der Waals surface area contributed by atoms with Crippen molar-refractivity contribution in [3.63, 3.8) is 0 Å². The molecule has 0 atom stereocenters. The molecule has 4 rings (SSSR count). The Bertz CT molecular complexity index is 1320. The first-order chi connectivity index (χ1) is 16.2. The first kappa shape index (κ1) is 23.5. The molecule has 5 nitrogen and oxygen atoms in total. The number of carbonyl (C=O) groups excluding carboxylic acids is 1. The molecule has 0 saturated heterocycles. The van der Waals surface area contributed by atoms with Crippen LogP contribution in [-0.2, 0) is 16.0 Å². The predicted molar refractivity (Wildman–Crippen MR) is 136 cm³/mol. The molecule has 0 aliphatic heterocycles. The van der Waals surface area contributed by atoms with Crippen molar-refractivity contribution in [2.75, 3.05) is 7.11 Å². The molecular formula is C28H28O5Si. The number of rotatable bonds is 6. The molecule has 1 aromatic heterocycles. The Morgan fingerprint density at radius 2 is 1.47 bits per heavy atom. The van der Waals surface area contributed by atoms with Gasteiger partial charge in [0, 0.05) is 17.5 Å². The Hall–Kier alpha value is -3.64. The summed E-state index contributed by atoms with van der Waals surface area (Å²) in [7, 11) is -1.51. The van der Waals surface area contributed by atoms with E-state index in [1.54, 1.807) is 6.07 Å². The van der Waals surface area contributed by atoms with Gasteiger partial charge < -0.3 is 13.6 Å². The molecule has 0 aliphatic carbocycles. The van der Waals surface area contributed by atoms with E-state index in [9.17, 15) is 9.59 Å². The summed E-state index contributed by atoms with van der Waals surface area (Å²) < 4.78 is 17.3. The summed E-state index contributed by atoms with van der Waals surface area (Å²) in [5.41, 5.74) is 0.422. The second-order valence-electron chi connectivity index (χ2n) is 9.27. The zero-order valence-corrected chi connectivity index (χ0v) is 20.8. The molecule has 174 valence electrons. The second-order valence-corrected chi connectivity index (χ2v) is 13.5. The summed E-state index contributed by atoms with van der Waals surface area (Å²) in [5, 5.41) is 2.77. The normalized spacial score (nSPS) is 11.9. The fourth-order valence-corrected chi connectivity index (χ4v) is 8.89. The summed E-state index contributed by atoms with van der Waals surface area (Å²) in [6.07, 6.45) is -0.00644. The van der Waals surface area contributed by atoms with Gasteiger partial charge in [-0.05, 0) is 33.1 Å². The zero-order valence-electron chi connectivity index (χ0n) is 19.8. The van der Waals surface area contributed by atoms with Gasteiger partial charge in [0.05, 0.1) is 13.5 Å². The standard InChI is InChI=1S/C28H28O5Si/c1-28(2,3)34(22-11-7-5-8-12-22,23-13-9-6-10-14-23)33-21-15-16-24-20(17-26(29)31-4)18-27(30)32-25(24)19-21/h5-16,18-19H,17H2,1-4H3. The van der Waals surface area contributed by atoms with Gasteiger partial charge in [0.15, 0.2) is 0 Å². The van der Waals surface area contributed by atoms with Crippen LogP contribution in [0.1, 0.15) is 26.3 Å². The Morgan fingerprint density at radius 3 is 2.00 bits per heavy atom. The average Bonchev–Trinajstić information content (AvgIpc) is 2.82. The molecule has 0 amide bonds. The second kappa shape index (κ2) is 9.31. The molecule has 34 heavy (non-hydrogen) atoms. The van der Waals surface area contributed by atoms with Crippen LogP contribution in [0, 0.1) is 0 Å². The molecule has 0 N–H and O–H groups in total. The maximum atomic E-state index is 12.2. The number of ether oxygens (including phenoxy) is 1. The molecule has 3 aromatic carbocycles. The maximum Gasteiger partial charge on any atom is 0.336 e. The van der Waals surface area contributed by atoms with Crippen molar-refractivity contribution < 1.29 is 18.4 Å². The zero-order chi connectivity index (χ0) is 24.3. The Balaban J connectivity index is 1.89. The summed E-state index contributed by atoms with van der Waals surface area (Å²) in [4.78, 5) is 24.1. The van der Waals surface area contributed by atoms with Crippen molar-refractivity contribution in [1.29, 1.82) is 0 Å². The van der Waals surface area contributed by atoms with Gasteiger partial charge in [-0.1, -0.05) is 81.4 Å². The highest BCUT2D eigenvalue weighted by molar-refractivity contribution is 7.00. The third kappa shape index (κ3) is 4.41. The van der Waals surface area contributed by atoms with E-state index in [1.807, 2.05) is 48.5 Å². The van der Waals surface area contributed by atoms with Crippen LogP contribution in [0.15, 0.2) is 94.1 Å². The van der Waals surface area contributed by atoms with E-state index < -0.39 is 19.9 Å². The minimum absolute atomic E-state index is 0.00644. The summed E-state index contributed by atoms with van der Waals surface area (Å²) in [5.74, 6) is 0.194. The predicted octanol–water partition coefficient (Wildman–Crippen LogP) is 4.45. The SMILES string of the molecule is COC(=O)Cc1cc(=O)oc2cc(O[Si](c3ccccc3)(c3ccccc3)C(C)(C)C)ccc12. The Morgan fingerprint density at radius 1 is 0.882 bits per heavy atom. The van der Waals surface area contributed by atoms with Crippen molar-refractivity contribution in [3.8, 4) is 5.75 Å². The lowest BCUT2D eigenvalue weighted by Gasteiger charge is -2.43. The van der Waals surface area contributed by atoms with Crippen LogP contribution in [-0.4, -0.2) is 21.4 Å². The fraction of sp³-hybridized carbons (Fsp3) is 0.214. The maximum absolute atomic E-state index is 12.2. The van der Waals surface area contributed by atoms with Gasteiger partial charge in [0.25, 0.3) is 0 Å². The molecule has 0 unspecified atom stereocenters. The van der Waals surface area contributed by atoms with Gasteiger partial charge in [0.2, 0.25) is 0 Å². The van der Waals surface area contributed by atoms with Gasteiger partial charge in [0.1, 0.15) is 11.3 Å². The quantitative estimate of drug-likeness (QED) is 0.236. The van der Waals surface area contributed by atoms with E-state index in [0.717, 1.165) is 10.4 Å². The monoisotopic (exact) mass is 472 g/mol. The van der Waals surface area contributed by atoms with Crippen LogP contribution < -0.4 is 20.4 Å². The number of esters is 1. The highest BCUT2D eigenvalue weighted by Gasteiger charge is 2.52. The number of methoxy groups -OCH3 is 1. The van der Waals surface area contributed by atoms with E-state index >= 15 is 0 Å². The van der Waals surface area contributed by atoms with Crippen molar-refractivity contribution in [3.05, 3.63) is 101 Å². The summed E-state index contributed by atoms with van der Waals surface area (Å²) in [6.45, 7) is 6.61. The fourth-order valence-electron chi connectivity index (χ4n) is 4.47. The average molecular weight is 473 g/mol. The lowest BCUT2D eigenvalue weighted by molar-refractivity contribution is -0.139. The van der Waals surface area contributed by atoms with Gasteiger partial charge in [-0.15, -0.1) is 0 Å².